The first-order valence-corrected chi connectivity index (χ1v) is 24.9. The van der Waals surface area contributed by atoms with Gasteiger partial charge in [0.2, 0.25) is 0 Å². The quantitative estimate of drug-likeness (QED) is 0.110. The number of nitrogens with one attached hydrogen (secondary N) is 2. The molecule has 2 aliphatic heterocycles. The summed E-state index contributed by atoms with van der Waals surface area (Å²) in [6.07, 6.45) is 6.00. The molecular weight excluding hydrogens is 1060 g/mol. The van der Waals surface area contributed by atoms with Crippen molar-refractivity contribution in [2.75, 3.05) is 43.7 Å². The van der Waals surface area contributed by atoms with E-state index in [1.165, 1.54) is 113 Å². The lowest BCUT2D eigenvalue weighted by Crippen LogP contribution is -2.29. The topological polar surface area (TPSA) is 193 Å². The Kier molecular flexibility index (Phi) is 14.7. The lowest BCUT2D eigenvalue weighted by Gasteiger charge is -2.21. The van der Waals surface area contributed by atoms with E-state index in [0.717, 1.165) is 12.1 Å². The van der Waals surface area contributed by atoms with Gasteiger partial charge in [0, 0.05) is 48.3 Å². The SMILES string of the molecule is CCOc1ccn(-c2ccc(F)cc2)c(=O)c1C(=O)Nc1ccc(Oc2ccnc3ccc4c(c23)OCCO4)cc1F.O=C(Nc1ccc(Oc2ccnc3ccc4c(c23)OCCO4)cc1F)c1cccn(-c2ccc(F)cc2)c1=O. The fourth-order valence-corrected chi connectivity index (χ4v) is 8.84. The van der Waals surface area contributed by atoms with Crippen molar-refractivity contribution in [1.82, 2.24) is 19.1 Å². The summed E-state index contributed by atoms with van der Waals surface area (Å²) in [4.78, 5) is 61.1. The highest BCUT2D eigenvalue weighted by molar-refractivity contribution is 6.06. The number of ether oxygens (including phenoxy) is 7. The van der Waals surface area contributed by atoms with Gasteiger partial charge in [-0.2, -0.15) is 0 Å². The van der Waals surface area contributed by atoms with Crippen molar-refractivity contribution < 1.29 is 60.3 Å². The van der Waals surface area contributed by atoms with Gasteiger partial charge in [-0.3, -0.25) is 38.3 Å². The highest BCUT2D eigenvalue weighted by Gasteiger charge is 2.25. The van der Waals surface area contributed by atoms with Gasteiger partial charge in [0.1, 0.15) is 89.6 Å². The number of aromatic nitrogens is 4. The van der Waals surface area contributed by atoms with Crippen molar-refractivity contribution in [2.45, 2.75) is 6.92 Å². The summed E-state index contributed by atoms with van der Waals surface area (Å²) in [5.74, 6) is -0.935. The van der Waals surface area contributed by atoms with Crippen LogP contribution in [0.5, 0.6) is 51.7 Å². The molecule has 0 saturated carbocycles. The van der Waals surface area contributed by atoms with Crippen LogP contribution in [0.25, 0.3) is 33.2 Å². The third-order valence-electron chi connectivity index (χ3n) is 12.6. The van der Waals surface area contributed by atoms with Crippen LogP contribution >= 0.6 is 0 Å². The van der Waals surface area contributed by atoms with Crippen LogP contribution in [-0.4, -0.2) is 64.0 Å². The Hall–Kier alpha value is -10.7. The molecule has 0 saturated heterocycles. The van der Waals surface area contributed by atoms with Gasteiger partial charge in [-0.05, 0) is 134 Å². The summed E-state index contributed by atoms with van der Waals surface area (Å²) in [5, 5.41) is 6.05. The van der Waals surface area contributed by atoms with Gasteiger partial charge >= 0.3 is 0 Å². The van der Waals surface area contributed by atoms with Gasteiger partial charge in [0.15, 0.2) is 23.0 Å². The third kappa shape index (κ3) is 11.0. The summed E-state index contributed by atoms with van der Waals surface area (Å²) in [6, 6.07) is 32.9. The Morgan fingerprint density at radius 3 is 1.54 bits per heavy atom. The van der Waals surface area contributed by atoms with Gasteiger partial charge in [-0.25, -0.2) is 17.6 Å². The molecule has 10 aromatic rings. The van der Waals surface area contributed by atoms with E-state index in [0.29, 0.717) is 94.1 Å². The Labute approximate surface area is 456 Å². The second kappa shape index (κ2) is 22.7. The predicted molar refractivity (Wildman–Crippen MR) is 289 cm³/mol. The fraction of sp³-hybridized carbons (Fsp3) is 0.100. The van der Waals surface area contributed by atoms with E-state index in [1.54, 1.807) is 55.7 Å². The molecule has 0 atom stereocenters. The smallest absolute Gasteiger partial charge is 0.271 e. The van der Waals surface area contributed by atoms with Crippen LogP contribution in [0.2, 0.25) is 0 Å². The predicted octanol–water partition coefficient (Wildman–Crippen LogP) is 11.4. The maximum atomic E-state index is 15.2. The Morgan fingerprint density at radius 1 is 0.543 bits per heavy atom. The van der Waals surface area contributed by atoms with Crippen molar-refractivity contribution >= 4 is 45.0 Å². The molecule has 0 aliphatic carbocycles. The van der Waals surface area contributed by atoms with Crippen molar-refractivity contribution in [1.29, 1.82) is 0 Å². The Balaban J connectivity index is 0.000000171. The zero-order valence-electron chi connectivity index (χ0n) is 42.4. The largest absolute Gasteiger partial charge is 0.493 e. The second-order valence-corrected chi connectivity index (χ2v) is 17.7. The first kappa shape index (κ1) is 52.4. The van der Waals surface area contributed by atoms with Gasteiger partial charge < -0.3 is 43.8 Å². The third-order valence-corrected chi connectivity index (χ3v) is 12.6. The molecule has 0 bridgehead atoms. The number of carbonyl (C=O) groups excluding carboxylic acids is 2. The molecule has 0 fully saturated rings. The maximum Gasteiger partial charge on any atom is 0.271 e. The van der Waals surface area contributed by atoms with Crippen LogP contribution in [0.3, 0.4) is 0 Å². The van der Waals surface area contributed by atoms with Crippen LogP contribution in [0, 0.1) is 23.3 Å². The Morgan fingerprint density at radius 2 is 1.04 bits per heavy atom. The lowest BCUT2D eigenvalue weighted by molar-refractivity contribution is 0.101. The molecule has 21 heteroatoms. The average molecular weight is 1100 g/mol. The maximum absolute atomic E-state index is 15.2. The van der Waals surface area contributed by atoms with Crippen LogP contribution in [0.4, 0.5) is 28.9 Å². The fourth-order valence-electron chi connectivity index (χ4n) is 8.84. The summed E-state index contributed by atoms with van der Waals surface area (Å²) in [7, 11) is 0. The van der Waals surface area contributed by atoms with E-state index < -0.39 is 46.2 Å². The molecule has 4 aromatic heterocycles. The minimum Gasteiger partial charge on any atom is -0.493 e. The van der Waals surface area contributed by atoms with E-state index in [2.05, 4.69) is 20.6 Å². The first-order valence-electron chi connectivity index (χ1n) is 24.9. The number of anilines is 2. The molecule has 0 unspecified atom stereocenters. The standard InChI is InChI=1S/C31H23F2N3O6.C29H19F2N3O5/c1-2-39-24-12-14-36(19-5-3-18(32)4-6-19)31(38)28(24)30(37)35-22-8-7-20(17-21(22)33)42-25-11-13-34-23-9-10-26-29(27(23)25)41-16-15-40-26;30-17-3-5-18(6-4-17)34-13-1-2-20(29(34)36)28(35)33-22-8-7-19(16-21(22)31)39-24-11-12-32-23-9-10-25-27(26(23)24)38-15-14-37-25/h3-14,17H,2,15-16H2,1H3,(H,35,37);1-13,16H,14-15H2,(H,33,35). The number of rotatable bonds is 12. The molecule has 406 valence electrons. The van der Waals surface area contributed by atoms with Gasteiger partial charge in [0.25, 0.3) is 22.9 Å². The molecular formula is C60H42F4N6O11. The molecule has 2 aliphatic rings. The molecule has 0 radical (unpaired) electrons. The molecule has 6 heterocycles. The first-order chi connectivity index (χ1) is 39.4. The number of pyridine rings is 4. The minimum atomic E-state index is -0.878. The van der Waals surface area contributed by atoms with E-state index in [1.807, 2.05) is 0 Å². The number of fused-ring (bicyclic) bond motifs is 6. The van der Waals surface area contributed by atoms with Gasteiger partial charge in [0.05, 0.1) is 39.8 Å². The zero-order valence-corrected chi connectivity index (χ0v) is 42.4. The van der Waals surface area contributed by atoms with Crippen molar-refractivity contribution in [3.05, 3.63) is 219 Å². The van der Waals surface area contributed by atoms with E-state index in [-0.39, 0.29) is 46.4 Å². The highest BCUT2D eigenvalue weighted by atomic mass is 19.1. The van der Waals surface area contributed by atoms with Crippen molar-refractivity contribution in [3.63, 3.8) is 0 Å². The summed E-state index contributed by atoms with van der Waals surface area (Å²) >= 11 is 0. The lowest BCUT2D eigenvalue weighted by atomic mass is 10.1. The summed E-state index contributed by atoms with van der Waals surface area (Å²) in [5.41, 5.74) is -0.270. The number of amides is 2. The van der Waals surface area contributed by atoms with E-state index >= 15 is 8.78 Å². The zero-order chi connectivity index (χ0) is 56.1. The molecule has 2 amide bonds. The van der Waals surface area contributed by atoms with Gasteiger partial charge in [-0.1, -0.05) is 0 Å². The molecule has 17 nitrogen and oxygen atoms in total. The molecule has 12 rings (SSSR count). The van der Waals surface area contributed by atoms with Gasteiger partial charge in [-0.15, -0.1) is 0 Å². The number of hydrogen-bond acceptors (Lipinski definition) is 13. The highest BCUT2D eigenvalue weighted by Crippen LogP contribution is 2.44. The summed E-state index contributed by atoms with van der Waals surface area (Å²) < 4.78 is 99.7. The number of carbonyl (C=O) groups is 2. The molecule has 2 N–H and O–H groups in total. The van der Waals surface area contributed by atoms with Crippen LogP contribution < -0.4 is 54.9 Å². The number of hydrogen-bond donors (Lipinski definition) is 2. The van der Waals surface area contributed by atoms with E-state index in [4.69, 9.17) is 33.2 Å². The van der Waals surface area contributed by atoms with Crippen LogP contribution in [-0.2, 0) is 0 Å². The van der Waals surface area contributed by atoms with Crippen LogP contribution in [0.1, 0.15) is 27.6 Å². The Bertz CT molecular complexity index is 4200. The summed E-state index contributed by atoms with van der Waals surface area (Å²) in [6.45, 7) is 3.47. The normalized spacial score (nSPS) is 12.2. The minimum absolute atomic E-state index is 0.0258. The second-order valence-electron chi connectivity index (χ2n) is 17.7. The van der Waals surface area contributed by atoms with Crippen LogP contribution in [0.15, 0.2) is 174 Å². The molecule has 6 aromatic carbocycles. The van der Waals surface area contributed by atoms with Crippen molar-refractivity contribution in [2.24, 2.45) is 0 Å². The number of nitrogens with zero attached hydrogens (tertiary/aromatic N) is 4. The van der Waals surface area contributed by atoms with E-state index in [9.17, 15) is 28.0 Å². The number of halogens is 4. The molecule has 81 heavy (non-hydrogen) atoms. The monoisotopic (exact) mass is 1100 g/mol. The number of benzene rings is 6. The average Bonchev–Trinajstić information content (AvgIpc) is 3.52. The molecule has 0 spiro atoms. The van der Waals surface area contributed by atoms with Crippen molar-refractivity contribution in [3.8, 4) is 63.1 Å².